The molecule has 0 bridgehead atoms. The number of ketones is 2. The number of benzene rings is 2. The molecule has 0 aromatic heterocycles. The largest absolute Gasteiger partial charge is 0.507 e. The summed E-state index contributed by atoms with van der Waals surface area (Å²) >= 11 is 0. The van der Waals surface area contributed by atoms with Gasteiger partial charge in [0.2, 0.25) is 5.91 Å². The molecular weight excluding hydrogens is 568 g/mol. The van der Waals surface area contributed by atoms with Gasteiger partial charge in [0.15, 0.2) is 17.2 Å². The van der Waals surface area contributed by atoms with Crippen molar-refractivity contribution < 1.29 is 44.4 Å². The maximum atomic E-state index is 14.4. The second-order valence-corrected chi connectivity index (χ2v) is 13.3. The number of Topliss-reactive ketones (excluding diaryl/α,β-unsaturated/α-hetero) is 2. The summed E-state index contributed by atoms with van der Waals surface area (Å²) in [6.45, 7) is 7.05. The van der Waals surface area contributed by atoms with Gasteiger partial charge >= 0.3 is 0 Å². The summed E-state index contributed by atoms with van der Waals surface area (Å²) in [4.78, 5) is 45.5. The Balaban J connectivity index is 1.73. The van der Waals surface area contributed by atoms with Crippen LogP contribution in [0.3, 0.4) is 0 Å². The molecule has 0 heterocycles. The van der Waals surface area contributed by atoms with Gasteiger partial charge in [0.25, 0.3) is 0 Å². The van der Waals surface area contributed by atoms with Crippen LogP contribution in [-0.2, 0) is 20.8 Å². The molecule has 236 valence electrons. The maximum absolute atomic E-state index is 14.4. The van der Waals surface area contributed by atoms with Gasteiger partial charge in [-0.2, -0.15) is 0 Å². The van der Waals surface area contributed by atoms with Gasteiger partial charge in [0.05, 0.1) is 30.9 Å². The average molecular weight is 609 g/mol. The zero-order valence-corrected chi connectivity index (χ0v) is 25.7. The molecule has 44 heavy (non-hydrogen) atoms. The highest BCUT2D eigenvalue weighted by Crippen LogP contribution is 2.66. The Morgan fingerprint density at radius 1 is 1.11 bits per heavy atom. The molecule has 11 heteroatoms. The molecule has 3 aliphatic rings. The van der Waals surface area contributed by atoms with E-state index in [9.17, 15) is 34.8 Å². The predicted molar refractivity (Wildman–Crippen MR) is 160 cm³/mol. The highest BCUT2D eigenvalue weighted by molar-refractivity contribution is 6.09. The lowest BCUT2D eigenvalue weighted by molar-refractivity contribution is -0.265. The maximum Gasteiger partial charge on any atom is 0.230 e. The molecule has 1 amide bonds. The number of aromatic hydroxyl groups is 1. The fourth-order valence-electron chi connectivity index (χ4n) is 8.91. The number of ether oxygens (including phenoxy) is 1. The number of oxime groups is 1. The number of carbonyl (C=O) groups is 3. The molecule has 2 fully saturated rings. The Kier molecular flexibility index (Phi) is 7.67. The average Bonchev–Trinajstić information content (AvgIpc) is 2.93. The van der Waals surface area contributed by atoms with Crippen molar-refractivity contribution in [2.75, 3.05) is 14.2 Å². The van der Waals surface area contributed by atoms with Crippen LogP contribution < -0.4 is 10.5 Å². The molecule has 0 saturated heterocycles. The molecule has 0 radical (unpaired) electrons. The fraction of sp³-hybridized carbons (Fsp3) is 0.515. The van der Waals surface area contributed by atoms with Crippen LogP contribution in [0.5, 0.6) is 11.5 Å². The third kappa shape index (κ3) is 4.20. The highest BCUT2D eigenvalue weighted by atomic mass is 16.6. The number of aliphatic hydroxyl groups is 3. The number of hydrogen-bond acceptors (Lipinski definition) is 10. The summed E-state index contributed by atoms with van der Waals surface area (Å²) in [5.41, 5.74) is 2.93. The number of phenols is 1. The van der Waals surface area contributed by atoms with Crippen molar-refractivity contribution in [1.82, 2.24) is 0 Å². The topological polar surface area (TPSA) is 189 Å². The van der Waals surface area contributed by atoms with Gasteiger partial charge in [0, 0.05) is 11.0 Å². The van der Waals surface area contributed by atoms with Crippen LogP contribution in [0.2, 0.25) is 0 Å². The molecule has 3 aliphatic carbocycles. The Morgan fingerprint density at radius 2 is 1.80 bits per heavy atom. The number of amides is 1. The first kappa shape index (κ1) is 31.6. The molecule has 0 spiro atoms. The Hall–Kier alpha value is -3.80. The molecule has 0 aliphatic heterocycles. The fourth-order valence-corrected chi connectivity index (χ4v) is 8.91. The number of rotatable bonds is 6. The molecule has 2 saturated carbocycles. The van der Waals surface area contributed by atoms with E-state index in [0.717, 1.165) is 0 Å². The van der Waals surface area contributed by atoms with Crippen molar-refractivity contribution in [3.8, 4) is 22.6 Å². The van der Waals surface area contributed by atoms with Crippen LogP contribution in [0.4, 0.5) is 0 Å². The lowest BCUT2D eigenvalue weighted by Gasteiger charge is -2.66. The number of nitrogens with zero attached hydrogens (tertiary/aromatic N) is 1. The summed E-state index contributed by atoms with van der Waals surface area (Å²) in [5.74, 6) is -6.87. The molecule has 6 N–H and O–H groups in total. The van der Waals surface area contributed by atoms with Crippen molar-refractivity contribution in [3.63, 3.8) is 0 Å². The minimum absolute atomic E-state index is 0.0237. The number of phenolic OH excluding ortho intramolecular Hbond substituents is 1. The normalized spacial score (nSPS) is 34.8. The van der Waals surface area contributed by atoms with Crippen LogP contribution in [0, 0.1) is 34.5 Å². The van der Waals surface area contributed by atoms with Crippen molar-refractivity contribution in [2.24, 2.45) is 45.4 Å². The highest BCUT2D eigenvalue weighted by Gasteiger charge is 2.75. The first-order valence-corrected chi connectivity index (χ1v) is 14.6. The molecule has 5 rings (SSSR count). The zero-order valence-electron chi connectivity index (χ0n) is 25.7. The third-order valence-electron chi connectivity index (χ3n) is 10.5. The summed E-state index contributed by atoms with van der Waals surface area (Å²) in [5, 5.41) is 50.4. The quantitative estimate of drug-likeness (QED) is 0.186. The third-order valence-corrected chi connectivity index (χ3v) is 10.5. The van der Waals surface area contributed by atoms with E-state index in [1.165, 1.54) is 26.5 Å². The number of carbonyl (C=O) groups excluding carboxylic acids is 3. The van der Waals surface area contributed by atoms with E-state index in [1.54, 1.807) is 39.0 Å². The minimum Gasteiger partial charge on any atom is -0.507 e. The molecule has 8 atom stereocenters. The lowest BCUT2D eigenvalue weighted by Crippen LogP contribution is -2.79. The summed E-state index contributed by atoms with van der Waals surface area (Å²) in [6, 6.07) is 8.44. The van der Waals surface area contributed by atoms with Crippen molar-refractivity contribution >= 4 is 23.7 Å². The number of methoxy groups -OCH3 is 1. The van der Waals surface area contributed by atoms with Gasteiger partial charge in [-0.3, -0.25) is 14.4 Å². The van der Waals surface area contributed by atoms with Crippen molar-refractivity contribution in [2.45, 2.75) is 58.3 Å². The van der Waals surface area contributed by atoms with Crippen LogP contribution >= 0.6 is 0 Å². The van der Waals surface area contributed by atoms with E-state index >= 15 is 0 Å². The minimum atomic E-state index is -2.57. The van der Waals surface area contributed by atoms with E-state index < -0.39 is 63.9 Å². The predicted octanol–water partition coefficient (Wildman–Crippen LogP) is 2.23. The van der Waals surface area contributed by atoms with E-state index in [0.29, 0.717) is 28.0 Å². The second-order valence-electron chi connectivity index (χ2n) is 13.3. The lowest BCUT2D eigenvalue weighted by atomic mass is 9.39. The summed E-state index contributed by atoms with van der Waals surface area (Å²) in [7, 11) is 2.95. The second kappa shape index (κ2) is 10.7. The monoisotopic (exact) mass is 608 g/mol. The number of primary amides is 1. The van der Waals surface area contributed by atoms with Crippen LogP contribution in [0.15, 0.2) is 35.5 Å². The molecule has 2 unspecified atom stereocenters. The summed E-state index contributed by atoms with van der Waals surface area (Å²) < 4.78 is 5.65. The van der Waals surface area contributed by atoms with Crippen LogP contribution in [0.1, 0.15) is 55.6 Å². The molecule has 2 aromatic carbocycles. The Labute approximate surface area is 255 Å². The van der Waals surface area contributed by atoms with Crippen LogP contribution in [0.25, 0.3) is 11.1 Å². The summed E-state index contributed by atoms with van der Waals surface area (Å²) in [6.07, 6.45) is -1.69. The first-order valence-electron chi connectivity index (χ1n) is 14.6. The van der Waals surface area contributed by atoms with Crippen LogP contribution in [-0.4, -0.2) is 76.1 Å². The van der Waals surface area contributed by atoms with Gasteiger partial charge < -0.3 is 35.7 Å². The van der Waals surface area contributed by atoms with Crippen molar-refractivity contribution in [3.05, 3.63) is 47.0 Å². The van der Waals surface area contributed by atoms with Gasteiger partial charge in [-0.05, 0) is 71.0 Å². The smallest absolute Gasteiger partial charge is 0.230 e. The number of aliphatic hydroxyl groups excluding tert-OH is 2. The van der Waals surface area contributed by atoms with Gasteiger partial charge in [-0.1, -0.05) is 38.9 Å². The number of nitrogens with two attached hydrogens (primary N) is 1. The van der Waals surface area contributed by atoms with Gasteiger partial charge in [0.1, 0.15) is 30.6 Å². The first-order chi connectivity index (χ1) is 20.6. The molecular formula is C33H40N2O9. The van der Waals surface area contributed by atoms with E-state index in [-0.39, 0.29) is 30.1 Å². The van der Waals surface area contributed by atoms with Gasteiger partial charge in [-0.15, -0.1) is 0 Å². The van der Waals surface area contributed by atoms with E-state index in [1.807, 2.05) is 13.0 Å². The molecule has 2 aromatic rings. The van der Waals surface area contributed by atoms with Gasteiger partial charge in [-0.25, -0.2) is 0 Å². The van der Waals surface area contributed by atoms with Crippen molar-refractivity contribution in [1.29, 1.82) is 0 Å². The SMILES string of the molecule is CO/N=C/c1ccc(OC)c(-c2ccc(O)c3c2C[C@]2(C)C[C@]4(C)[C@@H](C(C)C)C(O)[C@@H](C(N)=O)C(=O)[C@]4(O)C(O)[C@H]2C3=O)c1. The van der Waals surface area contributed by atoms with E-state index in [2.05, 4.69) is 5.16 Å². The standard InChI is InChI=1S/C33H40N2O9/c1-15(2)24-27(38)23(30(34)41)28(39)33(42)29(40)25-26(37)22-19(12-31(25,3)14-32(24,33)4)17(8-9-20(22)36)18-11-16(13-35-44-6)7-10-21(18)43-5/h7-11,13,15,23-25,27,29,36,38,40,42H,12,14H2,1-6H3,(H2,34,41)/b35-13+/t23-,24+,25-,27?,29?,31-,32-,33+/m1/s1. The van der Waals surface area contributed by atoms with E-state index in [4.69, 9.17) is 15.3 Å². The Morgan fingerprint density at radius 3 is 2.39 bits per heavy atom. The Bertz CT molecular complexity index is 1570. The zero-order chi connectivity index (χ0) is 32.5. The number of hydrogen-bond donors (Lipinski definition) is 5. The molecule has 11 nitrogen and oxygen atoms in total. The number of fused-ring (bicyclic) bond motifs is 3.